The van der Waals surface area contributed by atoms with Crippen LogP contribution in [0.2, 0.25) is 0 Å². The lowest BCUT2D eigenvalue weighted by Gasteiger charge is -2.04. The monoisotopic (exact) mass is 282 g/mol. The highest BCUT2D eigenvalue weighted by Crippen LogP contribution is 2.17. The zero-order chi connectivity index (χ0) is 11.4. The lowest BCUT2D eigenvalue weighted by molar-refractivity contribution is 0.316. The van der Waals surface area contributed by atoms with Gasteiger partial charge in [0.2, 0.25) is 5.88 Å². The highest BCUT2D eigenvalue weighted by atomic mass is 79.9. The molecule has 0 amide bonds. The average molecular weight is 283 g/mol. The van der Waals surface area contributed by atoms with Crippen molar-refractivity contribution in [2.24, 2.45) is 0 Å². The predicted octanol–water partition coefficient (Wildman–Crippen LogP) is 2.64. The minimum atomic E-state index is 0.331. The summed E-state index contributed by atoms with van der Waals surface area (Å²) in [5, 5.41) is 3.78. The van der Waals surface area contributed by atoms with Gasteiger partial charge in [-0.15, -0.1) is 0 Å². The van der Waals surface area contributed by atoms with Gasteiger partial charge >= 0.3 is 0 Å². The third kappa shape index (κ3) is 3.00. The summed E-state index contributed by atoms with van der Waals surface area (Å²) >= 11 is 3.38. The van der Waals surface area contributed by atoms with Crippen LogP contribution in [0, 0.1) is 0 Å². The molecule has 0 aliphatic heterocycles. The molecule has 84 valence electrons. The molecule has 1 heterocycles. The van der Waals surface area contributed by atoms with Crippen LogP contribution in [0.5, 0.6) is 5.75 Å². The second kappa shape index (κ2) is 5.03. The summed E-state index contributed by atoms with van der Waals surface area (Å²) in [6.07, 6.45) is 0.674. The Labute approximate surface area is 102 Å². The number of anilines is 1. The molecule has 0 atom stereocenters. The quantitative estimate of drug-likeness (QED) is 0.937. The van der Waals surface area contributed by atoms with Crippen LogP contribution in [-0.2, 0) is 6.42 Å². The molecule has 2 aromatic rings. The van der Waals surface area contributed by atoms with Crippen molar-refractivity contribution < 1.29 is 9.26 Å². The molecule has 0 saturated heterocycles. The van der Waals surface area contributed by atoms with E-state index in [0.29, 0.717) is 18.9 Å². The van der Waals surface area contributed by atoms with Crippen molar-refractivity contribution in [2.75, 3.05) is 12.3 Å². The summed E-state index contributed by atoms with van der Waals surface area (Å²) in [4.78, 5) is 0. The van der Waals surface area contributed by atoms with Gasteiger partial charge in [-0.1, -0.05) is 27.2 Å². The largest absolute Gasteiger partial charge is 0.493 e. The number of nitrogen functional groups attached to an aromatic ring is 1. The van der Waals surface area contributed by atoms with Crippen molar-refractivity contribution in [2.45, 2.75) is 6.42 Å². The summed E-state index contributed by atoms with van der Waals surface area (Å²) in [5.74, 6) is 1.16. The number of nitrogens with two attached hydrogens (primary N) is 1. The van der Waals surface area contributed by atoms with Crippen LogP contribution in [0.3, 0.4) is 0 Å². The summed E-state index contributed by atoms with van der Waals surface area (Å²) in [6.45, 7) is 0.544. The van der Waals surface area contributed by atoms with Crippen molar-refractivity contribution in [1.29, 1.82) is 0 Å². The number of halogens is 1. The van der Waals surface area contributed by atoms with E-state index >= 15 is 0 Å². The van der Waals surface area contributed by atoms with Gasteiger partial charge in [-0.3, -0.25) is 0 Å². The molecular weight excluding hydrogens is 272 g/mol. The fourth-order valence-electron chi connectivity index (χ4n) is 1.28. The van der Waals surface area contributed by atoms with Gasteiger partial charge in [-0.2, -0.15) is 0 Å². The first-order valence-electron chi connectivity index (χ1n) is 4.83. The second-order valence-electron chi connectivity index (χ2n) is 3.28. The topological polar surface area (TPSA) is 61.3 Å². The first-order valence-corrected chi connectivity index (χ1v) is 5.63. The molecule has 0 unspecified atom stereocenters. The third-order valence-corrected chi connectivity index (χ3v) is 2.49. The number of nitrogens with zero attached hydrogens (tertiary/aromatic N) is 1. The van der Waals surface area contributed by atoms with Gasteiger partial charge in [0.1, 0.15) is 5.75 Å². The van der Waals surface area contributed by atoms with E-state index in [1.54, 1.807) is 6.07 Å². The van der Waals surface area contributed by atoms with Gasteiger partial charge < -0.3 is 15.0 Å². The van der Waals surface area contributed by atoms with E-state index in [-0.39, 0.29) is 0 Å². The van der Waals surface area contributed by atoms with Gasteiger partial charge in [0.25, 0.3) is 0 Å². The molecule has 0 aliphatic rings. The Bertz CT molecular complexity index is 471. The van der Waals surface area contributed by atoms with Crippen LogP contribution in [0.1, 0.15) is 5.69 Å². The standard InChI is InChI=1S/C11H11BrN2O2/c12-8-2-1-3-10(6-8)15-5-4-9-7-11(13)16-14-9/h1-3,6-7H,4-5,13H2. The van der Waals surface area contributed by atoms with Crippen molar-refractivity contribution in [1.82, 2.24) is 5.16 Å². The van der Waals surface area contributed by atoms with Crippen molar-refractivity contribution in [3.8, 4) is 5.75 Å². The minimum Gasteiger partial charge on any atom is -0.493 e. The molecule has 1 aromatic heterocycles. The Balaban J connectivity index is 1.84. The average Bonchev–Trinajstić information content (AvgIpc) is 2.64. The number of hydrogen-bond donors (Lipinski definition) is 1. The van der Waals surface area contributed by atoms with Gasteiger partial charge in [-0.25, -0.2) is 0 Å². The van der Waals surface area contributed by atoms with Crippen LogP contribution in [-0.4, -0.2) is 11.8 Å². The maximum atomic E-state index is 5.55. The van der Waals surface area contributed by atoms with Gasteiger partial charge in [0.05, 0.1) is 12.3 Å². The zero-order valence-corrected chi connectivity index (χ0v) is 10.1. The van der Waals surface area contributed by atoms with Crippen LogP contribution in [0.15, 0.2) is 39.3 Å². The summed E-state index contributed by atoms with van der Waals surface area (Å²) in [7, 11) is 0. The van der Waals surface area contributed by atoms with Gasteiger partial charge in [-0.05, 0) is 18.2 Å². The molecule has 2 N–H and O–H groups in total. The van der Waals surface area contributed by atoms with Crippen LogP contribution in [0.4, 0.5) is 5.88 Å². The molecule has 0 fully saturated rings. The fourth-order valence-corrected chi connectivity index (χ4v) is 1.65. The maximum absolute atomic E-state index is 5.55. The molecule has 16 heavy (non-hydrogen) atoms. The summed E-state index contributed by atoms with van der Waals surface area (Å²) in [6, 6.07) is 9.39. The van der Waals surface area contributed by atoms with Gasteiger partial charge in [0, 0.05) is 17.0 Å². The van der Waals surface area contributed by atoms with E-state index < -0.39 is 0 Å². The zero-order valence-electron chi connectivity index (χ0n) is 8.52. The molecule has 1 aromatic carbocycles. The van der Waals surface area contributed by atoms with Gasteiger partial charge in [0.15, 0.2) is 0 Å². The fraction of sp³-hybridized carbons (Fsp3) is 0.182. The van der Waals surface area contributed by atoms with Crippen LogP contribution >= 0.6 is 15.9 Å². The lowest BCUT2D eigenvalue weighted by atomic mass is 10.3. The van der Waals surface area contributed by atoms with E-state index in [1.807, 2.05) is 24.3 Å². The second-order valence-corrected chi connectivity index (χ2v) is 4.19. The Morgan fingerprint density at radius 3 is 2.94 bits per heavy atom. The number of aromatic nitrogens is 1. The molecule has 4 nitrogen and oxygen atoms in total. The molecule has 0 saturated carbocycles. The molecule has 0 radical (unpaired) electrons. The highest BCUT2D eigenvalue weighted by molar-refractivity contribution is 9.10. The Morgan fingerprint density at radius 2 is 2.25 bits per heavy atom. The molecule has 5 heteroatoms. The first kappa shape index (κ1) is 11.0. The summed E-state index contributed by atoms with van der Waals surface area (Å²) < 4.78 is 11.3. The molecular formula is C11H11BrN2O2. The molecule has 2 rings (SSSR count). The van der Waals surface area contributed by atoms with Crippen molar-refractivity contribution >= 4 is 21.8 Å². The minimum absolute atomic E-state index is 0.331. The highest BCUT2D eigenvalue weighted by Gasteiger charge is 2.01. The van der Waals surface area contributed by atoms with Crippen molar-refractivity contribution in [3.63, 3.8) is 0 Å². The van der Waals surface area contributed by atoms with Crippen LogP contribution in [0.25, 0.3) is 0 Å². The molecule has 0 spiro atoms. The van der Waals surface area contributed by atoms with E-state index in [0.717, 1.165) is 15.9 Å². The normalized spacial score (nSPS) is 10.3. The van der Waals surface area contributed by atoms with E-state index in [4.69, 9.17) is 15.0 Å². The maximum Gasteiger partial charge on any atom is 0.222 e. The molecule has 0 aliphatic carbocycles. The third-order valence-electron chi connectivity index (χ3n) is 2.00. The van der Waals surface area contributed by atoms with E-state index in [9.17, 15) is 0 Å². The number of rotatable bonds is 4. The Kier molecular flexibility index (Phi) is 3.46. The molecule has 0 bridgehead atoms. The van der Waals surface area contributed by atoms with Crippen molar-refractivity contribution in [3.05, 3.63) is 40.5 Å². The number of hydrogen-bond acceptors (Lipinski definition) is 4. The van der Waals surface area contributed by atoms with Crippen LogP contribution < -0.4 is 10.5 Å². The Hall–Kier alpha value is -1.49. The SMILES string of the molecule is Nc1cc(CCOc2cccc(Br)c2)no1. The first-order chi connectivity index (χ1) is 7.74. The predicted molar refractivity (Wildman–Crippen MR) is 64.3 cm³/mol. The summed E-state index contributed by atoms with van der Waals surface area (Å²) in [5.41, 5.74) is 6.20. The number of ether oxygens (including phenoxy) is 1. The van der Waals surface area contributed by atoms with E-state index in [1.165, 1.54) is 0 Å². The lowest BCUT2D eigenvalue weighted by Crippen LogP contribution is -2.01. The smallest absolute Gasteiger partial charge is 0.222 e. The van der Waals surface area contributed by atoms with E-state index in [2.05, 4.69) is 21.1 Å². The number of benzene rings is 1. The Morgan fingerprint density at radius 1 is 1.38 bits per heavy atom.